The van der Waals surface area contributed by atoms with Crippen LogP contribution in [-0.4, -0.2) is 13.6 Å². The van der Waals surface area contributed by atoms with Crippen molar-refractivity contribution in [3.8, 4) is 0 Å². The first-order chi connectivity index (χ1) is 6.74. The van der Waals surface area contributed by atoms with Crippen molar-refractivity contribution in [2.45, 2.75) is 25.7 Å². The first-order valence-electron chi connectivity index (χ1n) is 5.13. The lowest BCUT2D eigenvalue weighted by Gasteiger charge is -2.41. The van der Waals surface area contributed by atoms with E-state index < -0.39 is 0 Å². The van der Waals surface area contributed by atoms with Crippen LogP contribution < -0.4 is 5.32 Å². The lowest BCUT2D eigenvalue weighted by atomic mass is 9.66. The smallest absolute Gasteiger partial charge is 0.0701 e. The molecule has 1 N–H and O–H groups in total. The summed E-state index contributed by atoms with van der Waals surface area (Å²) in [7, 11) is 2.06. The molecule has 1 aliphatic carbocycles. The molecule has 2 rings (SSSR count). The van der Waals surface area contributed by atoms with Gasteiger partial charge in [0.1, 0.15) is 0 Å². The van der Waals surface area contributed by atoms with Crippen LogP contribution in [0.4, 0.5) is 0 Å². The van der Waals surface area contributed by atoms with E-state index in [2.05, 4.69) is 40.4 Å². The van der Waals surface area contributed by atoms with Crippen molar-refractivity contribution < 1.29 is 0 Å². The first-order valence-corrected chi connectivity index (χ1v) is 6.74. The zero-order chi connectivity index (χ0) is 10.0. The molecule has 1 nitrogen and oxygen atoms in total. The molecule has 0 amide bonds. The van der Waals surface area contributed by atoms with Crippen LogP contribution in [-0.2, 0) is 6.42 Å². The Bertz CT molecular complexity index is 304. The average Bonchev–Trinajstić information content (AvgIpc) is 2.48. The van der Waals surface area contributed by atoms with Crippen molar-refractivity contribution in [1.82, 2.24) is 5.32 Å². The maximum Gasteiger partial charge on any atom is 0.0701 e. The van der Waals surface area contributed by atoms with Gasteiger partial charge in [-0.15, -0.1) is 11.3 Å². The largest absolute Gasteiger partial charge is 0.319 e. The van der Waals surface area contributed by atoms with Gasteiger partial charge in [-0.25, -0.2) is 0 Å². The quantitative estimate of drug-likeness (QED) is 0.886. The van der Waals surface area contributed by atoms with Gasteiger partial charge < -0.3 is 5.32 Å². The van der Waals surface area contributed by atoms with E-state index in [-0.39, 0.29) is 0 Å². The second-order valence-electron chi connectivity index (χ2n) is 4.27. The third-order valence-corrected chi connectivity index (χ3v) is 4.77. The van der Waals surface area contributed by atoms with Crippen LogP contribution in [0.15, 0.2) is 15.9 Å². The number of hydrogen-bond donors (Lipinski definition) is 1. The predicted octanol–water partition coefficient (Wildman–Crippen LogP) is 3.44. The van der Waals surface area contributed by atoms with Crippen molar-refractivity contribution in [3.05, 3.63) is 20.8 Å². The second kappa shape index (κ2) is 4.33. The molecule has 0 aliphatic heterocycles. The van der Waals surface area contributed by atoms with E-state index >= 15 is 0 Å². The van der Waals surface area contributed by atoms with Crippen molar-refractivity contribution in [2.75, 3.05) is 13.6 Å². The fourth-order valence-electron chi connectivity index (χ4n) is 2.28. The van der Waals surface area contributed by atoms with Crippen molar-refractivity contribution in [1.29, 1.82) is 0 Å². The maximum absolute atomic E-state index is 3.52. The van der Waals surface area contributed by atoms with Crippen LogP contribution in [0.5, 0.6) is 0 Å². The van der Waals surface area contributed by atoms with E-state index in [9.17, 15) is 0 Å². The minimum absolute atomic E-state index is 0.568. The highest BCUT2D eigenvalue weighted by Crippen LogP contribution is 2.44. The number of nitrogens with one attached hydrogen (secondary N) is 1. The standard InChI is InChI=1S/C11H16BrNS/c1-13-8-11(5-2-6-11)7-9-3-4-10(12)14-9/h3-4,13H,2,5-8H2,1H3. The molecule has 3 heteroatoms. The van der Waals surface area contributed by atoms with Crippen LogP contribution in [0.2, 0.25) is 0 Å². The monoisotopic (exact) mass is 273 g/mol. The molecule has 1 saturated carbocycles. The Balaban J connectivity index is 2.01. The van der Waals surface area contributed by atoms with Crippen molar-refractivity contribution >= 4 is 27.3 Å². The van der Waals surface area contributed by atoms with Gasteiger partial charge in [0, 0.05) is 11.4 Å². The first kappa shape index (κ1) is 10.7. The van der Waals surface area contributed by atoms with Gasteiger partial charge in [0.2, 0.25) is 0 Å². The Morgan fingerprint density at radius 3 is 2.71 bits per heavy atom. The van der Waals surface area contributed by atoms with E-state index in [4.69, 9.17) is 0 Å². The Hall–Kier alpha value is 0.140. The van der Waals surface area contributed by atoms with Gasteiger partial charge in [-0.3, -0.25) is 0 Å². The molecule has 1 aromatic rings. The molecule has 0 radical (unpaired) electrons. The molecule has 0 bridgehead atoms. The maximum atomic E-state index is 3.52. The molecular weight excluding hydrogens is 258 g/mol. The Morgan fingerprint density at radius 1 is 1.50 bits per heavy atom. The lowest BCUT2D eigenvalue weighted by Crippen LogP contribution is -2.40. The van der Waals surface area contributed by atoms with E-state index in [0.29, 0.717) is 5.41 Å². The average molecular weight is 274 g/mol. The predicted molar refractivity (Wildman–Crippen MR) is 65.9 cm³/mol. The summed E-state index contributed by atoms with van der Waals surface area (Å²) >= 11 is 5.40. The minimum atomic E-state index is 0.568. The Kier molecular flexibility index (Phi) is 3.30. The van der Waals surface area contributed by atoms with Gasteiger partial charge in [-0.2, -0.15) is 0 Å². The molecule has 0 aromatic carbocycles. The number of hydrogen-bond acceptors (Lipinski definition) is 2. The fraction of sp³-hybridized carbons (Fsp3) is 0.636. The molecule has 0 saturated heterocycles. The summed E-state index contributed by atoms with van der Waals surface area (Å²) in [6.45, 7) is 1.17. The molecule has 0 spiro atoms. The molecule has 0 atom stereocenters. The third kappa shape index (κ3) is 2.20. The summed E-state index contributed by atoms with van der Waals surface area (Å²) in [5.41, 5.74) is 0.568. The van der Waals surface area contributed by atoms with Gasteiger partial charge in [-0.1, -0.05) is 6.42 Å². The summed E-state index contributed by atoms with van der Waals surface area (Å²) in [4.78, 5) is 1.52. The zero-order valence-electron chi connectivity index (χ0n) is 8.48. The third-order valence-electron chi connectivity index (χ3n) is 3.14. The van der Waals surface area contributed by atoms with Crippen LogP contribution in [0.25, 0.3) is 0 Å². The topological polar surface area (TPSA) is 12.0 Å². The molecule has 0 unspecified atom stereocenters. The summed E-state index contributed by atoms with van der Waals surface area (Å²) in [6.07, 6.45) is 5.45. The molecule has 1 heterocycles. The van der Waals surface area contributed by atoms with Gasteiger partial charge >= 0.3 is 0 Å². The minimum Gasteiger partial charge on any atom is -0.319 e. The molecule has 14 heavy (non-hydrogen) atoms. The summed E-state index contributed by atoms with van der Waals surface area (Å²) in [5.74, 6) is 0. The Labute approximate surface area is 98.0 Å². The molecular formula is C11H16BrNS. The summed E-state index contributed by atoms with van der Waals surface area (Å²) < 4.78 is 1.26. The Morgan fingerprint density at radius 2 is 2.29 bits per heavy atom. The fourth-order valence-corrected chi connectivity index (χ4v) is 3.94. The molecule has 1 aromatic heterocycles. The highest BCUT2D eigenvalue weighted by Gasteiger charge is 2.36. The van der Waals surface area contributed by atoms with Gasteiger partial charge in [0.15, 0.2) is 0 Å². The number of thiophene rings is 1. The number of halogens is 1. The van der Waals surface area contributed by atoms with Crippen molar-refractivity contribution in [2.24, 2.45) is 5.41 Å². The second-order valence-corrected chi connectivity index (χ2v) is 6.81. The number of rotatable bonds is 4. The van der Waals surface area contributed by atoms with Crippen LogP contribution in [0.3, 0.4) is 0 Å². The highest BCUT2D eigenvalue weighted by molar-refractivity contribution is 9.11. The SMILES string of the molecule is CNCC1(Cc2ccc(Br)s2)CCC1. The van der Waals surface area contributed by atoms with E-state index in [1.54, 1.807) is 0 Å². The molecule has 1 fully saturated rings. The highest BCUT2D eigenvalue weighted by atomic mass is 79.9. The normalized spacial score (nSPS) is 19.3. The summed E-state index contributed by atoms with van der Waals surface area (Å²) in [6, 6.07) is 4.41. The van der Waals surface area contributed by atoms with Crippen LogP contribution >= 0.6 is 27.3 Å². The molecule has 78 valence electrons. The molecule has 1 aliphatic rings. The van der Waals surface area contributed by atoms with Crippen LogP contribution in [0, 0.1) is 5.41 Å². The van der Waals surface area contributed by atoms with Gasteiger partial charge in [0.05, 0.1) is 3.79 Å². The summed E-state index contributed by atoms with van der Waals surface area (Å²) in [5, 5.41) is 3.33. The van der Waals surface area contributed by atoms with E-state index in [1.165, 1.54) is 40.9 Å². The lowest BCUT2D eigenvalue weighted by molar-refractivity contribution is 0.135. The van der Waals surface area contributed by atoms with Crippen molar-refractivity contribution in [3.63, 3.8) is 0 Å². The zero-order valence-corrected chi connectivity index (χ0v) is 10.9. The van der Waals surface area contributed by atoms with Gasteiger partial charge in [-0.05, 0) is 59.8 Å². The van der Waals surface area contributed by atoms with Crippen LogP contribution in [0.1, 0.15) is 24.1 Å². The van der Waals surface area contributed by atoms with Gasteiger partial charge in [0.25, 0.3) is 0 Å². The van der Waals surface area contributed by atoms with E-state index in [0.717, 1.165) is 0 Å². The van der Waals surface area contributed by atoms with E-state index in [1.807, 2.05) is 11.3 Å².